The Hall–Kier alpha value is -2.47. The van der Waals surface area contributed by atoms with Crippen molar-refractivity contribution in [2.75, 3.05) is 5.32 Å². The third-order valence-corrected chi connectivity index (χ3v) is 2.91. The molecule has 0 fully saturated rings. The lowest BCUT2D eigenvalue weighted by Crippen LogP contribution is -2.30. The van der Waals surface area contributed by atoms with Crippen LogP contribution in [0.15, 0.2) is 42.6 Å². The first-order chi connectivity index (χ1) is 10.5. The Morgan fingerprint density at radius 2 is 2.09 bits per heavy atom. The van der Waals surface area contributed by atoms with Gasteiger partial charge in [-0.2, -0.15) is 0 Å². The Labute approximate surface area is 131 Å². The Kier molecular flexibility index (Phi) is 5.06. The van der Waals surface area contributed by atoms with E-state index in [1.165, 1.54) is 43.5 Å². The summed E-state index contributed by atoms with van der Waals surface area (Å²) >= 11 is 5.75. The van der Waals surface area contributed by atoms with Crippen molar-refractivity contribution in [3.63, 3.8) is 0 Å². The van der Waals surface area contributed by atoms with Gasteiger partial charge in [0, 0.05) is 16.9 Å². The van der Waals surface area contributed by atoms with E-state index in [2.05, 4.69) is 10.3 Å². The summed E-state index contributed by atoms with van der Waals surface area (Å²) in [6, 6.07) is 8.24. The summed E-state index contributed by atoms with van der Waals surface area (Å²) in [5, 5.41) is 2.78. The van der Waals surface area contributed by atoms with E-state index in [9.17, 15) is 14.0 Å². The molecule has 114 valence electrons. The standard InChI is InChI=1S/C15H12ClFN2O3/c1-9(14(20)19-12-4-2-3-11(17)8-12)22-15(21)13-7-10(16)5-6-18-13/h2-9H,1H3,(H,19,20)/t9-/m1/s1. The molecule has 1 atom stereocenters. The van der Waals surface area contributed by atoms with Crippen molar-refractivity contribution in [3.05, 3.63) is 59.1 Å². The number of nitrogens with zero attached hydrogens (tertiary/aromatic N) is 1. The van der Waals surface area contributed by atoms with Crippen molar-refractivity contribution in [1.29, 1.82) is 0 Å². The topological polar surface area (TPSA) is 68.3 Å². The molecule has 7 heteroatoms. The molecular weight excluding hydrogens is 311 g/mol. The van der Waals surface area contributed by atoms with Gasteiger partial charge < -0.3 is 10.1 Å². The first kappa shape index (κ1) is 15.9. The van der Waals surface area contributed by atoms with Crippen LogP contribution in [0.1, 0.15) is 17.4 Å². The lowest BCUT2D eigenvalue weighted by Gasteiger charge is -2.13. The van der Waals surface area contributed by atoms with Gasteiger partial charge in [-0.15, -0.1) is 0 Å². The molecule has 1 aromatic heterocycles. The van der Waals surface area contributed by atoms with Crippen LogP contribution >= 0.6 is 11.6 Å². The summed E-state index contributed by atoms with van der Waals surface area (Å²) in [5.74, 6) is -1.84. The highest BCUT2D eigenvalue weighted by Crippen LogP contribution is 2.12. The number of benzene rings is 1. The van der Waals surface area contributed by atoms with Crippen LogP contribution < -0.4 is 5.32 Å². The van der Waals surface area contributed by atoms with Gasteiger partial charge in [0.2, 0.25) is 0 Å². The second-order valence-electron chi connectivity index (χ2n) is 4.41. The van der Waals surface area contributed by atoms with E-state index < -0.39 is 23.8 Å². The highest BCUT2D eigenvalue weighted by molar-refractivity contribution is 6.30. The Morgan fingerprint density at radius 1 is 1.32 bits per heavy atom. The average Bonchev–Trinajstić information content (AvgIpc) is 2.47. The van der Waals surface area contributed by atoms with Crippen LogP contribution in [-0.4, -0.2) is 23.0 Å². The van der Waals surface area contributed by atoms with Crippen LogP contribution in [0.2, 0.25) is 5.02 Å². The van der Waals surface area contributed by atoms with E-state index in [0.717, 1.165) is 6.07 Å². The number of hydrogen-bond acceptors (Lipinski definition) is 4. The number of hydrogen-bond donors (Lipinski definition) is 1. The molecule has 0 saturated carbocycles. The molecular formula is C15H12ClFN2O3. The first-order valence-electron chi connectivity index (χ1n) is 6.34. The second-order valence-corrected chi connectivity index (χ2v) is 4.84. The van der Waals surface area contributed by atoms with Gasteiger partial charge in [-0.25, -0.2) is 14.2 Å². The number of anilines is 1. The van der Waals surface area contributed by atoms with Gasteiger partial charge in [0.15, 0.2) is 6.10 Å². The molecule has 0 radical (unpaired) electrons. The quantitative estimate of drug-likeness (QED) is 0.878. The van der Waals surface area contributed by atoms with Crippen LogP contribution in [0, 0.1) is 5.82 Å². The monoisotopic (exact) mass is 322 g/mol. The van der Waals surface area contributed by atoms with Gasteiger partial charge in [-0.3, -0.25) is 4.79 Å². The summed E-state index contributed by atoms with van der Waals surface area (Å²) in [6.07, 6.45) is 0.285. The highest BCUT2D eigenvalue weighted by Gasteiger charge is 2.20. The maximum atomic E-state index is 13.0. The fourth-order valence-electron chi connectivity index (χ4n) is 1.60. The Balaban J connectivity index is 1.98. The van der Waals surface area contributed by atoms with Gasteiger partial charge in [0.25, 0.3) is 5.91 Å². The van der Waals surface area contributed by atoms with Crippen LogP contribution in [0.25, 0.3) is 0 Å². The molecule has 22 heavy (non-hydrogen) atoms. The van der Waals surface area contributed by atoms with Crippen LogP contribution in [0.5, 0.6) is 0 Å². The number of nitrogens with one attached hydrogen (secondary N) is 1. The van der Waals surface area contributed by atoms with E-state index >= 15 is 0 Å². The van der Waals surface area contributed by atoms with Crippen LogP contribution in [0.4, 0.5) is 10.1 Å². The van der Waals surface area contributed by atoms with Crippen molar-refractivity contribution in [1.82, 2.24) is 4.98 Å². The molecule has 0 aliphatic heterocycles. The molecule has 0 spiro atoms. The molecule has 2 rings (SSSR count). The van der Waals surface area contributed by atoms with E-state index in [-0.39, 0.29) is 11.4 Å². The largest absolute Gasteiger partial charge is 0.448 e. The van der Waals surface area contributed by atoms with Crippen molar-refractivity contribution < 1.29 is 18.7 Å². The number of ether oxygens (including phenoxy) is 1. The summed E-state index contributed by atoms with van der Waals surface area (Å²) in [6.45, 7) is 1.40. The smallest absolute Gasteiger partial charge is 0.357 e. The fraction of sp³-hybridized carbons (Fsp3) is 0.133. The maximum Gasteiger partial charge on any atom is 0.357 e. The molecule has 5 nitrogen and oxygen atoms in total. The van der Waals surface area contributed by atoms with Crippen LogP contribution in [-0.2, 0) is 9.53 Å². The second kappa shape index (κ2) is 7.00. The van der Waals surface area contributed by atoms with E-state index in [1.54, 1.807) is 0 Å². The van der Waals surface area contributed by atoms with E-state index in [4.69, 9.17) is 16.3 Å². The highest BCUT2D eigenvalue weighted by atomic mass is 35.5. The first-order valence-corrected chi connectivity index (χ1v) is 6.72. The molecule has 1 aromatic carbocycles. The van der Waals surface area contributed by atoms with Gasteiger partial charge in [-0.05, 0) is 37.3 Å². The number of esters is 1. The third-order valence-electron chi connectivity index (χ3n) is 2.68. The number of rotatable bonds is 4. The molecule has 1 N–H and O–H groups in total. The minimum absolute atomic E-state index is 0.00194. The zero-order valence-electron chi connectivity index (χ0n) is 11.5. The lowest BCUT2D eigenvalue weighted by atomic mass is 10.3. The van der Waals surface area contributed by atoms with Gasteiger partial charge >= 0.3 is 5.97 Å². The molecule has 1 amide bonds. The number of pyridine rings is 1. The number of carbonyl (C=O) groups is 2. The normalized spacial score (nSPS) is 11.6. The fourth-order valence-corrected chi connectivity index (χ4v) is 1.76. The predicted octanol–water partition coefficient (Wildman–Crippen LogP) is 3.06. The SMILES string of the molecule is C[C@@H](OC(=O)c1cc(Cl)ccn1)C(=O)Nc1cccc(F)c1. The molecule has 0 unspecified atom stereocenters. The van der Waals surface area contributed by atoms with Gasteiger partial charge in [-0.1, -0.05) is 17.7 Å². The average molecular weight is 323 g/mol. The summed E-state index contributed by atoms with van der Waals surface area (Å²) < 4.78 is 18.0. The summed E-state index contributed by atoms with van der Waals surface area (Å²) in [7, 11) is 0. The van der Waals surface area contributed by atoms with Crippen molar-refractivity contribution in [2.45, 2.75) is 13.0 Å². The zero-order chi connectivity index (χ0) is 16.1. The minimum atomic E-state index is -1.07. The maximum absolute atomic E-state index is 13.0. The van der Waals surface area contributed by atoms with Gasteiger partial charge in [0.05, 0.1) is 0 Å². The number of aromatic nitrogens is 1. The Bertz CT molecular complexity index is 709. The summed E-state index contributed by atoms with van der Waals surface area (Å²) in [5.41, 5.74) is 0.270. The molecule has 0 bridgehead atoms. The number of carbonyl (C=O) groups excluding carboxylic acids is 2. The number of halogens is 2. The number of amides is 1. The van der Waals surface area contributed by atoms with Crippen LogP contribution in [0.3, 0.4) is 0 Å². The molecule has 0 aliphatic carbocycles. The van der Waals surface area contributed by atoms with Gasteiger partial charge in [0.1, 0.15) is 11.5 Å². The van der Waals surface area contributed by atoms with Crippen molar-refractivity contribution >= 4 is 29.2 Å². The summed E-state index contributed by atoms with van der Waals surface area (Å²) in [4.78, 5) is 27.5. The molecule has 0 saturated heterocycles. The van der Waals surface area contributed by atoms with E-state index in [1.807, 2.05) is 0 Å². The minimum Gasteiger partial charge on any atom is -0.448 e. The van der Waals surface area contributed by atoms with Crippen molar-refractivity contribution in [3.8, 4) is 0 Å². The predicted molar refractivity (Wildman–Crippen MR) is 79.2 cm³/mol. The van der Waals surface area contributed by atoms with Crippen molar-refractivity contribution in [2.24, 2.45) is 0 Å². The third kappa shape index (κ3) is 4.26. The molecule has 1 heterocycles. The van der Waals surface area contributed by atoms with E-state index in [0.29, 0.717) is 5.02 Å². The zero-order valence-corrected chi connectivity index (χ0v) is 12.3. The lowest BCUT2D eigenvalue weighted by molar-refractivity contribution is -0.123. The molecule has 0 aliphatic rings. The molecule has 2 aromatic rings. The Morgan fingerprint density at radius 3 is 2.77 bits per heavy atom.